The number of nitrogens with two attached hydrogens (primary N) is 1. The number of halogens is 1. The fraction of sp³-hybridized carbons (Fsp3) is 0.294. The fourth-order valence-electron chi connectivity index (χ4n) is 2.12. The van der Waals surface area contributed by atoms with Crippen molar-refractivity contribution in [2.24, 2.45) is 5.73 Å². The molecule has 2 aromatic carbocycles. The standard InChI is InChI=1S/C17H20FNO/c1-11-4-5-12(2)14(8-11)10-20-17-9-15(18)6-7-16(17)13(3)19/h4-9,13H,10,19H2,1-3H3/t13-/m1/s1. The molecule has 0 radical (unpaired) electrons. The van der Waals surface area contributed by atoms with Gasteiger partial charge < -0.3 is 10.5 Å². The average Bonchev–Trinajstić information content (AvgIpc) is 2.39. The fourth-order valence-corrected chi connectivity index (χ4v) is 2.12. The molecule has 2 aromatic rings. The molecule has 2 rings (SSSR count). The van der Waals surface area contributed by atoms with Crippen molar-refractivity contribution in [2.75, 3.05) is 0 Å². The van der Waals surface area contributed by atoms with Crippen molar-refractivity contribution >= 4 is 0 Å². The lowest BCUT2D eigenvalue weighted by molar-refractivity contribution is 0.299. The van der Waals surface area contributed by atoms with E-state index in [1.54, 1.807) is 6.07 Å². The molecule has 1 atom stereocenters. The van der Waals surface area contributed by atoms with Crippen molar-refractivity contribution < 1.29 is 9.13 Å². The van der Waals surface area contributed by atoms with Gasteiger partial charge in [-0.3, -0.25) is 0 Å². The highest BCUT2D eigenvalue weighted by atomic mass is 19.1. The number of benzene rings is 2. The maximum absolute atomic E-state index is 13.4. The van der Waals surface area contributed by atoms with Crippen LogP contribution < -0.4 is 10.5 Å². The lowest BCUT2D eigenvalue weighted by atomic mass is 10.1. The first-order valence-corrected chi connectivity index (χ1v) is 6.71. The zero-order valence-corrected chi connectivity index (χ0v) is 12.1. The summed E-state index contributed by atoms with van der Waals surface area (Å²) in [6.07, 6.45) is 0. The lowest BCUT2D eigenvalue weighted by Gasteiger charge is -2.15. The molecule has 0 aromatic heterocycles. The van der Waals surface area contributed by atoms with E-state index in [2.05, 4.69) is 18.2 Å². The molecule has 0 unspecified atom stereocenters. The van der Waals surface area contributed by atoms with Crippen molar-refractivity contribution in [3.05, 3.63) is 64.5 Å². The monoisotopic (exact) mass is 273 g/mol. The number of ether oxygens (including phenoxy) is 1. The number of aryl methyl sites for hydroxylation is 2. The third kappa shape index (κ3) is 3.36. The predicted octanol–water partition coefficient (Wildman–Crippen LogP) is 4.04. The quantitative estimate of drug-likeness (QED) is 0.912. The van der Waals surface area contributed by atoms with Crippen LogP contribution in [-0.4, -0.2) is 0 Å². The van der Waals surface area contributed by atoms with Crippen LogP contribution in [0.4, 0.5) is 4.39 Å². The maximum atomic E-state index is 13.4. The second kappa shape index (κ2) is 6.06. The van der Waals surface area contributed by atoms with E-state index in [1.165, 1.54) is 17.7 Å². The molecule has 0 saturated carbocycles. The van der Waals surface area contributed by atoms with Gasteiger partial charge in [0.15, 0.2) is 0 Å². The number of rotatable bonds is 4. The summed E-state index contributed by atoms with van der Waals surface area (Å²) in [7, 11) is 0. The van der Waals surface area contributed by atoms with Crippen LogP contribution in [-0.2, 0) is 6.61 Å². The summed E-state index contributed by atoms with van der Waals surface area (Å²) in [5.41, 5.74) is 10.1. The van der Waals surface area contributed by atoms with E-state index >= 15 is 0 Å². The zero-order chi connectivity index (χ0) is 14.7. The number of hydrogen-bond acceptors (Lipinski definition) is 2. The first-order chi connectivity index (χ1) is 9.47. The van der Waals surface area contributed by atoms with Gasteiger partial charge in [-0.05, 0) is 38.0 Å². The first kappa shape index (κ1) is 14.5. The van der Waals surface area contributed by atoms with E-state index in [4.69, 9.17) is 10.5 Å². The predicted molar refractivity (Wildman–Crippen MR) is 79.3 cm³/mol. The normalized spacial score (nSPS) is 12.2. The zero-order valence-electron chi connectivity index (χ0n) is 12.1. The Hall–Kier alpha value is -1.87. The van der Waals surface area contributed by atoms with Crippen molar-refractivity contribution in [3.63, 3.8) is 0 Å². The van der Waals surface area contributed by atoms with E-state index in [-0.39, 0.29) is 11.9 Å². The highest BCUT2D eigenvalue weighted by Crippen LogP contribution is 2.26. The van der Waals surface area contributed by atoms with Crippen molar-refractivity contribution in [1.82, 2.24) is 0 Å². The van der Waals surface area contributed by atoms with Crippen LogP contribution in [0.3, 0.4) is 0 Å². The van der Waals surface area contributed by atoms with Crippen molar-refractivity contribution in [3.8, 4) is 5.75 Å². The van der Waals surface area contributed by atoms with Crippen LogP contribution in [0.5, 0.6) is 5.75 Å². The highest BCUT2D eigenvalue weighted by Gasteiger charge is 2.10. The van der Waals surface area contributed by atoms with Crippen LogP contribution >= 0.6 is 0 Å². The lowest BCUT2D eigenvalue weighted by Crippen LogP contribution is -2.09. The van der Waals surface area contributed by atoms with Crippen LogP contribution in [0.1, 0.15) is 35.2 Å². The Morgan fingerprint density at radius 2 is 1.90 bits per heavy atom. The first-order valence-electron chi connectivity index (χ1n) is 6.71. The van der Waals surface area contributed by atoms with Crippen LogP contribution in [0, 0.1) is 19.7 Å². The van der Waals surface area contributed by atoms with Gasteiger partial charge in [-0.25, -0.2) is 4.39 Å². The molecule has 20 heavy (non-hydrogen) atoms. The van der Waals surface area contributed by atoms with Crippen molar-refractivity contribution in [2.45, 2.75) is 33.4 Å². The third-order valence-electron chi connectivity index (χ3n) is 3.35. The number of hydrogen-bond donors (Lipinski definition) is 1. The van der Waals surface area contributed by atoms with Gasteiger partial charge in [0, 0.05) is 17.7 Å². The van der Waals surface area contributed by atoms with E-state index < -0.39 is 0 Å². The summed E-state index contributed by atoms with van der Waals surface area (Å²) in [5.74, 6) is 0.200. The SMILES string of the molecule is Cc1ccc(C)c(COc2cc(F)ccc2[C@@H](C)N)c1. The smallest absolute Gasteiger partial charge is 0.127 e. The summed E-state index contributed by atoms with van der Waals surface area (Å²) in [6, 6.07) is 10.5. The molecular weight excluding hydrogens is 253 g/mol. The molecule has 0 heterocycles. The summed E-state index contributed by atoms with van der Waals surface area (Å²) >= 11 is 0. The second-order valence-corrected chi connectivity index (χ2v) is 5.19. The summed E-state index contributed by atoms with van der Waals surface area (Å²) < 4.78 is 19.1. The Balaban J connectivity index is 2.22. The topological polar surface area (TPSA) is 35.2 Å². The summed E-state index contributed by atoms with van der Waals surface area (Å²) in [5, 5.41) is 0. The summed E-state index contributed by atoms with van der Waals surface area (Å²) in [6.45, 7) is 6.35. The average molecular weight is 273 g/mol. The summed E-state index contributed by atoms with van der Waals surface area (Å²) in [4.78, 5) is 0. The van der Waals surface area contributed by atoms with Gasteiger partial charge in [-0.15, -0.1) is 0 Å². The van der Waals surface area contributed by atoms with Gasteiger partial charge in [0.25, 0.3) is 0 Å². The minimum absolute atomic E-state index is 0.191. The molecule has 0 aliphatic rings. The molecule has 2 nitrogen and oxygen atoms in total. The molecule has 0 bridgehead atoms. The molecule has 0 fully saturated rings. The Morgan fingerprint density at radius 1 is 1.15 bits per heavy atom. The molecule has 0 aliphatic heterocycles. The molecule has 0 spiro atoms. The minimum atomic E-state index is -0.314. The molecule has 0 aliphatic carbocycles. The van der Waals surface area contributed by atoms with E-state index in [1.807, 2.05) is 20.8 Å². The molecule has 106 valence electrons. The largest absolute Gasteiger partial charge is 0.488 e. The van der Waals surface area contributed by atoms with Gasteiger partial charge in [0.1, 0.15) is 18.2 Å². The molecule has 0 saturated heterocycles. The van der Waals surface area contributed by atoms with Gasteiger partial charge in [0.05, 0.1) is 0 Å². The third-order valence-corrected chi connectivity index (χ3v) is 3.35. The van der Waals surface area contributed by atoms with Gasteiger partial charge in [-0.2, -0.15) is 0 Å². The van der Waals surface area contributed by atoms with Crippen LogP contribution in [0.2, 0.25) is 0 Å². The van der Waals surface area contributed by atoms with E-state index in [0.29, 0.717) is 12.4 Å². The van der Waals surface area contributed by atoms with E-state index in [9.17, 15) is 4.39 Å². The molecule has 2 N–H and O–H groups in total. The van der Waals surface area contributed by atoms with Crippen LogP contribution in [0.15, 0.2) is 36.4 Å². The minimum Gasteiger partial charge on any atom is -0.488 e. The maximum Gasteiger partial charge on any atom is 0.127 e. The Kier molecular flexibility index (Phi) is 4.40. The van der Waals surface area contributed by atoms with Gasteiger partial charge in [0.2, 0.25) is 0 Å². The Labute approximate surface area is 119 Å². The second-order valence-electron chi connectivity index (χ2n) is 5.19. The van der Waals surface area contributed by atoms with Gasteiger partial charge in [-0.1, -0.05) is 29.8 Å². The molecule has 0 amide bonds. The highest BCUT2D eigenvalue weighted by molar-refractivity contribution is 5.37. The Morgan fingerprint density at radius 3 is 2.60 bits per heavy atom. The van der Waals surface area contributed by atoms with E-state index in [0.717, 1.165) is 16.7 Å². The molecular formula is C17H20FNO. The van der Waals surface area contributed by atoms with Gasteiger partial charge >= 0.3 is 0 Å². The Bertz CT molecular complexity index is 608. The molecule has 3 heteroatoms. The van der Waals surface area contributed by atoms with Crippen molar-refractivity contribution in [1.29, 1.82) is 0 Å². The van der Waals surface area contributed by atoms with Crippen LogP contribution in [0.25, 0.3) is 0 Å².